The first-order valence-corrected chi connectivity index (χ1v) is 7.75. The van der Waals surface area contributed by atoms with Crippen molar-refractivity contribution in [1.29, 1.82) is 0 Å². The van der Waals surface area contributed by atoms with E-state index in [-0.39, 0.29) is 22.4 Å². The Bertz CT molecular complexity index is 963. The van der Waals surface area contributed by atoms with Crippen LogP contribution in [0.15, 0.2) is 18.3 Å². The molecule has 0 fully saturated rings. The Hall–Kier alpha value is -2.22. The molecule has 2 aromatic heterocycles. The monoisotopic (exact) mass is 372 g/mol. The molecule has 0 saturated carbocycles. The topological polar surface area (TPSA) is 43.6 Å². The van der Waals surface area contributed by atoms with Crippen LogP contribution < -0.4 is 0 Å². The molecule has 0 atom stereocenters. The molecule has 0 aliphatic heterocycles. The third-order valence-corrected chi connectivity index (χ3v) is 3.96. The molecule has 0 N–H and O–H groups in total. The Morgan fingerprint density at radius 3 is 2.44 bits per heavy atom. The van der Waals surface area contributed by atoms with Crippen molar-refractivity contribution in [1.82, 2.24) is 19.5 Å². The summed E-state index contributed by atoms with van der Waals surface area (Å²) in [6, 6.07) is 2.37. The molecule has 0 saturated heterocycles. The summed E-state index contributed by atoms with van der Waals surface area (Å²) in [5.41, 5.74) is -1.09. The highest BCUT2D eigenvalue weighted by atomic mass is 35.5. The fourth-order valence-corrected chi connectivity index (χ4v) is 2.98. The highest BCUT2D eigenvalue weighted by Gasteiger charge is 2.35. The molecule has 1 aromatic carbocycles. The number of imidazole rings is 1. The van der Waals surface area contributed by atoms with Gasteiger partial charge in [-0.15, -0.1) is 0 Å². The molecule has 4 nitrogen and oxygen atoms in total. The lowest BCUT2D eigenvalue weighted by atomic mass is 10.1. The minimum absolute atomic E-state index is 0.0385. The van der Waals surface area contributed by atoms with E-state index in [0.717, 1.165) is 6.07 Å². The minimum Gasteiger partial charge on any atom is -0.326 e. The van der Waals surface area contributed by atoms with Crippen LogP contribution in [0, 0.1) is 12.7 Å². The zero-order chi connectivity index (χ0) is 18.5. The molecule has 2 heterocycles. The van der Waals surface area contributed by atoms with Crippen LogP contribution in [0.4, 0.5) is 17.6 Å². The Morgan fingerprint density at radius 1 is 1.16 bits per heavy atom. The maximum atomic E-state index is 14.5. The van der Waals surface area contributed by atoms with Crippen LogP contribution in [-0.4, -0.2) is 19.5 Å². The number of nitrogens with zero attached hydrogens (tertiary/aromatic N) is 4. The van der Waals surface area contributed by atoms with Crippen molar-refractivity contribution in [2.75, 3.05) is 0 Å². The lowest BCUT2D eigenvalue weighted by Gasteiger charge is -2.14. The zero-order valence-electron chi connectivity index (χ0n) is 13.5. The van der Waals surface area contributed by atoms with Crippen molar-refractivity contribution in [3.63, 3.8) is 0 Å². The fourth-order valence-electron chi connectivity index (χ4n) is 2.85. The Morgan fingerprint density at radius 2 is 1.84 bits per heavy atom. The number of rotatable bonds is 2. The predicted octanol–water partition coefficient (Wildman–Crippen LogP) is 5.19. The lowest BCUT2D eigenvalue weighted by molar-refractivity contribution is -0.137. The SMILES string of the molecule is Cc1nc2c(F)cc(-c3nc(Cl)ncc3C(F)(F)F)cc2n1C(C)C. The van der Waals surface area contributed by atoms with Crippen molar-refractivity contribution in [2.24, 2.45) is 0 Å². The number of hydrogen-bond acceptors (Lipinski definition) is 3. The van der Waals surface area contributed by atoms with E-state index in [0.29, 0.717) is 17.5 Å². The standard InChI is InChI=1S/C16H13ClF4N4/c1-7(2)25-8(3)23-14-11(18)4-9(5-12(14)25)13-10(16(19,20)21)6-22-15(17)24-13/h4-7H,1-3H3. The average molecular weight is 373 g/mol. The number of aryl methyl sites for hydroxylation is 1. The summed E-state index contributed by atoms with van der Waals surface area (Å²) in [6.45, 7) is 5.46. The van der Waals surface area contributed by atoms with Crippen molar-refractivity contribution < 1.29 is 17.6 Å². The molecule has 0 aliphatic rings. The number of hydrogen-bond donors (Lipinski definition) is 0. The van der Waals surface area contributed by atoms with Gasteiger partial charge in [0.25, 0.3) is 0 Å². The van der Waals surface area contributed by atoms with E-state index in [2.05, 4.69) is 15.0 Å². The molecule has 0 unspecified atom stereocenters. The highest BCUT2D eigenvalue weighted by Crippen LogP contribution is 2.37. The summed E-state index contributed by atoms with van der Waals surface area (Å²) >= 11 is 5.66. The summed E-state index contributed by atoms with van der Waals surface area (Å²) in [5, 5.41) is -0.350. The predicted molar refractivity (Wildman–Crippen MR) is 85.9 cm³/mol. The molecule has 0 amide bonds. The van der Waals surface area contributed by atoms with Gasteiger partial charge in [0.2, 0.25) is 5.28 Å². The Balaban J connectivity index is 2.34. The molecule has 132 valence electrons. The van der Waals surface area contributed by atoms with Crippen molar-refractivity contribution in [3.8, 4) is 11.3 Å². The first-order chi connectivity index (χ1) is 11.6. The Labute approximate surface area is 145 Å². The molecule has 0 bridgehead atoms. The van der Waals surface area contributed by atoms with Gasteiger partial charge in [-0.05, 0) is 44.5 Å². The van der Waals surface area contributed by atoms with E-state index in [1.165, 1.54) is 6.07 Å². The van der Waals surface area contributed by atoms with Gasteiger partial charge in [0, 0.05) is 17.8 Å². The number of alkyl halides is 3. The zero-order valence-corrected chi connectivity index (χ0v) is 14.2. The van der Waals surface area contributed by atoms with Crippen molar-refractivity contribution >= 4 is 22.6 Å². The molecule has 9 heteroatoms. The molecule has 3 aromatic rings. The first kappa shape index (κ1) is 17.6. The second-order valence-corrected chi connectivity index (χ2v) is 6.19. The third-order valence-electron chi connectivity index (χ3n) is 3.78. The molecule has 3 rings (SSSR count). The smallest absolute Gasteiger partial charge is 0.326 e. The van der Waals surface area contributed by atoms with E-state index in [4.69, 9.17) is 11.6 Å². The first-order valence-electron chi connectivity index (χ1n) is 7.37. The van der Waals surface area contributed by atoms with Crippen LogP contribution >= 0.6 is 11.6 Å². The van der Waals surface area contributed by atoms with Gasteiger partial charge >= 0.3 is 6.18 Å². The van der Waals surface area contributed by atoms with Gasteiger partial charge in [0.05, 0.1) is 11.2 Å². The quantitative estimate of drug-likeness (QED) is 0.459. The van der Waals surface area contributed by atoms with Gasteiger partial charge in [-0.2, -0.15) is 13.2 Å². The molecular formula is C16H13ClF4N4. The second-order valence-electron chi connectivity index (χ2n) is 5.85. The largest absolute Gasteiger partial charge is 0.419 e. The molecule has 0 spiro atoms. The minimum atomic E-state index is -4.69. The summed E-state index contributed by atoms with van der Waals surface area (Å²) in [6.07, 6.45) is -4.10. The summed E-state index contributed by atoms with van der Waals surface area (Å²) < 4.78 is 56.0. The highest BCUT2D eigenvalue weighted by molar-refractivity contribution is 6.28. The maximum Gasteiger partial charge on any atom is 0.419 e. The molecule has 0 radical (unpaired) electrons. The van der Waals surface area contributed by atoms with Gasteiger partial charge in [-0.1, -0.05) is 0 Å². The van der Waals surface area contributed by atoms with E-state index >= 15 is 0 Å². The summed E-state index contributed by atoms with van der Waals surface area (Å²) in [4.78, 5) is 11.2. The van der Waals surface area contributed by atoms with Crippen molar-refractivity contribution in [3.05, 3.63) is 40.8 Å². The molecular weight excluding hydrogens is 360 g/mol. The van der Waals surface area contributed by atoms with Crippen LogP contribution in [-0.2, 0) is 6.18 Å². The number of benzene rings is 1. The van der Waals surface area contributed by atoms with Crippen LogP contribution in [0.3, 0.4) is 0 Å². The van der Waals surface area contributed by atoms with E-state index < -0.39 is 23.3 Å². The molecule has 25 heavy (non-hydrogen) atoms. The summed E-state index contributed by atoms with van der Waals surface area (Å²) in [7, 11) is 0. The van der Waals surface area contributed by atoms with E-state index in [9.17, 15) is 17.6 Å². The van der Waals surface area contributed by atoms with Gasteiger partial charge in [-0.3, -0.25) is 0 Å². The number of halogens is 5. The Kier molecular flexibility index (Phi) is 4.18. The molecule has 0 aliphatic carbocycles. The van der Waals surface area contributed by atoms with Crippen LogP contribution in [0.5, 0.6) is 0 Å². The normalized spacial score (nSPS) is 12.4. The van der Waals surface area contributed by atoms with Gasteiger partial charge in [0.1, 0.15) is 16.9 Å². The second kappa shape index (κ2) is 5.94. The van der Waals surface area contributed by atoms with Gasteiger partial charge < -0.3 is 4.57 Å². The van der Waals surface area contributed by atoms with Crippen LogP contribution in [0.25, 0.3) is 22.3 Å². The number of aromatic nitrogens is 4. The van der Waals surface area contributed by atoms with E-state index in [1.54, 1.807) is 11.5 Å². The van der Waals surface area contributed by atoms with Crippen LogP contribution in [0.2, 0.25) is 5.28 Å². The van der Waals surface area contributed by atoms with Crippen molar-refractivity contribution in [2.45, 2.75) is 33.0 Å². The fraction of sp³-hybridized carbons (Fsp3) is 0.312. The average Bonchev–Trinajstić information content (AvgIpc) is 2.82. The maximum absolute atomic E-state index is 14.5. The summed E-state index contributed by atoms with van der Waals surface area (Å²) in [5.74, 6) is -0.157. The van der Waals surface area contributed by atoms with Gasteiger partial charge in [0.15, 0.2) is 5.82 Å². The van der Waals surface area contributed by atoms with Crippen LogP contribution in [0.1, 0.15) is 31.3 Å². The number of fused-ring (bicyclic) bond motifs is 1. The van der Waals surface area contributed by atoms with E-state index in [1.807, 2.05) is 13.8 Å². The third kappa shape index (κ3) is 3.06. The lowest BCUT2D eigenvalue weighted by Crippen LogP contribution is -2.10. The van der Waals surface area contributed by atoms with Gasteiger partial charge in [-0.25, -0.2) is 19.3 Å².